The van der Waals surface area contributed by atoms with Crippen LogP contribution in [0.5, 0.6) is 0 Å². The van der Waals surface area contributed by atoms with E-state index in [9.17, 15) is 63.6 Å². The first-order valence-electron chi connectivity index (χ1n) is 25.4. The highest BCUT2D eigenvalue weighted by atomic mass is 16.5. The zero-order chi connectivity index (χ0) is 54.7. The fourth-order valence-electron chi connectivity index (χ4n) is 7.25. The number of carbonyl (C=O) groups excluding carboxylic acids is 6. The van der Waals surface area contributed by atoms with Crippen LogP contribution in [0.2, 0.25) is 0 Å². The number of aliphatic hydroxyl groups is 4. The SMILES string of the molecule is CN[C@@H](CO)C(=O)N[C@@H](CO)C(=O)N[C@@H](CCCCN(CC(=O)O)CC(=O)O)C(=O)N[C@@H](CO)C(=O)N[C@@H](CO)C(=O)NCCOCCOCCNC(=O)CCCCCCCCCCCCCCCCC(=O)O. The van der Waals surface area contributed by atoms with Crippen LogP contribution in [0.1, 0.15) is 122 Å². The fourth-order valence-corrected chi connectivity index (χ4v) is 7.25. The van der Waals surface area contributed by atoms with Crippen molar-refractivity contribution in [3.63, 3.8) is 0 Å². The van der Waals surface area contributed by atoms with Crippen molar-refractivity contribution in [2.75, 3.05) is 92.6 Å². The minimum atomic E-state index is -1.72. The van der Waals surface area contributed by atoms with Gasteiger partial charge < -0.3 is 82.4 Å². The van der Waals surface area contributed by atoms with Gasteiger partial charge >= 0.3 is 17.9 Å². The molecule has 0 saturated carbocycles. The van der Waals surface area contributed by atoms with E-state index in [0.717, 1.165) is 49.8 Å². The summed E-state index contributed by atoms with van der Waals surface area (Å²) in [6.07, 6.45) is 16.2. The summed E-state index contributed by atoms with van der Waals surface area (Å²) < 4.78 is 10.9. The van der Waals surface area contributed by atoms with Crippen LogP contribution in [0.4, 0.5) is 0 Å². The summed E-state index contributed by atoms with van der Waals surface area (Å²) in [4.78, 5) is 111. The third-order valence-corrected chi connectivity index (χ3v) is 11.4. The molecule has 422 valence electrons. The third kappa shape index (κ3) is 36.5. The zero-order valence-electron chi connectivity index (χ0n) is 42.6. The molecule has 0 unspecified atom stereocenters. The first-order valence-corrected chi connectivity index (χ1v) is 25.4. The molecule has 0 aliphatic heterocycles. The van der Waals surface area contributed by atoms with Gasteiger partial charge in [-0.25, -0.2) is 0 Å². The second kappa shape index (κ2) is 44.4. The van der Waals surface area contributed by atoms with Crippen molar-refractivity contribution in [3.8, 4) is 0 Å². The van der Waals surface area contributed by atoms with Crippen LogP contribution in [0.3, 0.4) is 0 Å². The Bertz CT molecular complexity index is 1580. The summed E-state index contributed by atoms with van der Waals surface area (Å²) in [5.74, 6) is -8.18. The van der Waals surface area contributed by atoms with Crippen LogP contribution in [0.15, 0.2) is 0 Å². The highest BCUT2D eigenvalue weighted by Crippen LogP contribution is 2.14. The largest absolute Gasteiger partial charge is 0.481 e. The summed E-state index contributed by atoms with van der Waals surface area (Å²) in [6.45, 7) is -3.67. The highest BCUT2D eigenvalue weighted by Gasteiger charge is 2.32. The topological polar surface area (TPSA) is 401 Å². The number of nitrogens with zero attached hydrogens (tertiary/aromatic N) is 1. The van der Waals surface area contributed by atoms with Crippen LogP contribution in [-0.2, 0) is 52.6 Å². The molecule has 0 fully saturated rings. The van der Waals surface area contributed by atoms with Gasteiger partial charge in [-0.2, -0.15) is 0 Å². The number of rotatable bonds is 49. The standard InChI is InChI=1S/C47H86N8O18/c1-48-35(30-56)45(69)54-37(32-58)46(70)51-34(18-16-17-23-55(28-41(63)64)29-42(65)66)44(68)53-38(33-59)47(71)52-36(31-57)43(67)50-22-25-73-27-26-72-24-21-49-39(60)19-14-12-10-8-6-4-2-3-5-7-9-11-13-15-20-40(61)62/h34-38,48,56-59H,2-33H2,1H3,(H,49,60)(H,50,67)(H,51,70)(H,52,71)(H,53,68)(H,54,69)(H,61,62)(H,63,64)(H,65,66)/t34-,35-,36-,37-,38-/m0/s1. The van der Waals surface area contributed by atoms with Crippen molar-refractivity contribution in [2.45, 2.75) is 152 Å². The monoisotopic (exact) mass is 1050 g/mol. The second-order valence-corrected chi connectivity index (χ2v) is 17.5. The predicted molar refractivity (Wildman–Crippen MR) is 264 cm³/mol. The smallest absolute Gasteiger partial charge is 0.317 e. The number of carbonyl (C=O) groups is 9. The molecule has 0 aromatic heterocycles. The Morgan fingerprint density at radius 2 is 0.781 bits per heavy atom. The molecule has 26 heteroatoms. The van der Waals surface area contributed by atoms with Crippen molar-refractivity contribution >= 4 is 53.4 Å². The number of unbranched alkanes of at least 4 members (excludes halogenated alkanes) is 14. The lowest BCUT2D eigenvalue weighted by molar-refractivity contribution is -0.142. The van der Waals surface area contributed by atoms with Gasteiger partial charge in [0.05, 0.1) is 65.9 Å². The molecular formula is C47H86N8O18. The Labute approximate surface area is 427 Å². The molecule has 5 atom stereocenters. The molecule has 0 spiro atoms. The quantitative estimate of drug-likeness (QED) is 0.0285. The van der Waals surface area contributed by atoms with E-state index >= 15 is 0 Å². The Kier molecular flexibility index (Phi) is 41.3. The number of aliphatic hydroxyl groups excluding tert-OH is 4. The molecule has 0 bridgehead atoms. The summed E-state index contributed by atoms with van der Waals surface area (Å²) in [5, 5.41) is 82.9. The lowest BCUT2D eigenvalue weighted by Crippen LogP contribution is -2.60. The van der Waals surface area contributed by atoms with Crippen LogP contribution in [-0.4, -0.2) is 217 Å². The summed E-state index contributed by atoms with van der Waals surface area (Å²) in [7, 11) is 1.37. The Morgan fingerprint density at radius 1 is 0.411 bits per heavy atom. The van der Waals surface area contributed by atoms with Gasteiger partial charge in [-0.1, -0.05) is 77.0 Å². The number of likely N-dealkylation sites (N-methyl/N-ethyl adjacent to an activating group) is 1. The molecule has 14 N–H and O–H groups in total. The second-order valence-electron chi connectivity index (χ2n) is 17.5. The minimum Gasteiger partial charge on any atom is -0.481 e. The van der Waals surface area contributed by atoms with Gasteiger partial charge in [0.1, 0.15) is 30.2 Å². The van der Waals surface area contributed by atoms with Crippen molar-refractivity contribution in [3.05, 3.63) is 0 Å². The molecule has 0 saturated heterocycles. The molecular weight excluding hydrogens is 965 g/mol. The molecule has 0 aliphatic carbocycles. The van der Waals surface area contributed by atoms with Gasteiger partial charge in [0.25, 0.3) is 0 Å². The maximum Gasteiger partial charge on any atom is 0.317 e. The number of carboxylic acid groups (broad SMARTS) is 3. The van der Waals surface area contributed by atoms with Gasteiger partial charge in [-0.05, 0) is 45.7 Å². The predicted octanol–water partition coefficient (Wildman–Crippen LogP) is -2.28. The highest BCUT2D eigenvalue weighted by molar-refractivity contribution is 5.96. The van der Waals surface area contributed by atoms with Gasteiger partial charge in [0, 0.05) is 25.9 Å². The summed E-state index contributed by atoms with van der Waals surface area (Å²) in [5.41, 5.74) is 0. The third-order valence-electron chi connectivity index (χ3n) is 11.4. The molecule has 0 heterocycles. The molecule has 0 aromatic rings. The summed E-state index contributed by atoms with van der Waals surface area (Å²) >= 11 is 0. The Morgan fingerprint density at radius 3 is 1.19 bits per heavy atom. The summed E-state index contributed by atoms with van der Waals surface area (Å²) in [6, 6.07) is -7.51. The number of hydrogen-bond donors (Lipinski definition) is 14. The maximum atomic E-state index is 13.5. The fraction of sp³-hybridized carbons (Fsp3) is 0.809. The number of ether oxygens (including phenoxy) is 2. The van der Waals surface area contributed by atoms with E-state index in [1.165, 1.54) is 52.0 Å². The lowest BCUT2D eigenvalue weighted by atomic mass is 10.0. The average Bonchev–Trinajstić information content (AvgIpc) is 3.34. The van der Waals surface area contributed by atoms with Crippen LogP contribution < -0.4 is 37.2 Å². The minimum absolute atomic E-state index is 0.0288. The van der Waals surface area contributed by atoms with Crippen LogP contribution >= 0.6 is 0 Å². The molecule has 0 aliphatic rings. The average molecular weight is 1050 g/mol. The van der Waals surface area contributed by atoms with E-state index in [0.29, 0.717) is 13.0 Å². The first-order chi connectivity index (χ1) is 35.0. The normalized spacial score (nSPS) is 13.2. The molecule has 0 radical (unpaired) electrons. The first kappa shape index (κ1) is 67.9. The van der Waals surface area contributed by atoms with E-state index in [2.05, 4.69) is 37.2 Å². The Hall–Kier alpha value is -5.09. The molecule has 6 amide bonds. The van der Waals surface area contributed by atoms with Crippen LogP contribution in [0, 0.1) is 0 Å². The number of hydrogen-bond acceptors (Lipinski definition) is 17. The van der Waals surface area contributed by atoms with E-state index < -0.39 is 117 Å². The maximum absolute atomic E-state index is 13.5. The van der Waals surface area contributed by atoms with E-state index in [1.54, 1.807) is 0 Å². The Balaban J connectivity index is 4.68. The van der Waals surface area contributed by atoms with Crippen LogP contribution in [0.25, 0.3) is 0 Å². The number of aliphatic carboxylic acids is 3. The lowest BCUT2D eigenvalue weighted by Gasteiger charge is -2.26. The van der Waals surface area contributed by atoms with Crippen molar-refractivity contribution < 1.29 is 88.4 Å². The van der Waals surface area contributed by atoms with Crippen molar-refractivity contribution in [1.29, 1.82) is 0 Å². The van der Waals surface area contributed by atoms with Gasteiger partial charge in [0.2, 0.25) is 35.4 Å². The zero-order valence-corrected chi connectivity index (χ0v) is 42.6. The van der Waals surface area contributed by atoms with Crippen molar-refractivity contribution in [1.82, 2.24) is 42.1 Å². The molecule has 0 rings (SSSR count). The molecule has 0 aromatic carbocycles. The van der Waals surface area contributed by atoms with Gasteiger partial charge in [-0.15, -0.1) is 0 Å². The van der Waals surface area contributed by atoms with Crippen molar-refractivity contribution in [2.24, 2.45) is 0 Å². The van der Waals surface area contributed by atoms with Gasteiger partial charge in [0.15, 0.2) is 0 Å². The van der Waals surface area contributed by atoms with E-state index in [1.807, 2.05) is 0 Å². The van der Waals surface area contributed by atoms with E-state index in [4.69, 9.17) is 24.8 Å². The molecule has 26 nitrogen and oxygen atoms in total. The molecule has 73 heavy (non-hydrogen) atoms. The number of amides is 6. The number of carboxylic acids is 3. The van der Waals surface area contributed by atoms with Gasteiger partial charge in [-0.3, -0.25) is 48.1 Å². The van der Waals surface area contributed by atoms with E-state index in [-0.39, 0.29) is 71.1 Å². The number of nitrogens with one attached hydrogen (secondary N) is 7.